The van der Waals surface area contributed by atoms with Crippen molar-refractivity contribution in [1.82, 2.24) is 0 Å². The predicted octanol–water partition coefficient (Wildman–Crippen LogP) is 7.01. The normalized spacial score (nSPS) is 46.7. The van der Waals surface area contributed by atoms with Crippen LogP contribution in [0, 0.1) is 46.3 Å². The molecule has 0 unspecified atom stereocenters. The molecule has 0 spiro atoms. The molecule has 30 heavy (non-hydrogen) atoms. The van der Waals surface area contributed by atoms with Gasteiger partial charge in [-0.1, -0.05) is 65.5 Å². The molecule has 0 aromatic heterocycles. The van der Waals surface area contributed by atoms with Gasteiger partial charge in [-0.2, -0.15) is 0 Å². The van der Waals surface area contributed by atoms with Gasteiger partial charge in [-0.05, 0) is 91.3 Å². The Morgan fingerprint density at radius 3 is 2.50 bits per heavy atom. The Morgan fingerprint density at radius 1 is 1.03 bits per heavy atom. The minimum absolute atomic E-state index is 0.144. The van der Waals surface area contributed by atoms with Gasteiger partial charge < -0.3 is 9.84 Å². The van der Waals surface area contributed by atoms with Crippen LogP contribution in [0.15, 0.2) is 11.6 Å². The summed E-state index contributed by atoms with van der Waals surface area (Å²) in [7, 11) is 1.92. The van der Waals surface area contributed by atoms with E-state index >= 15 is 0 Å². The number of aliphatic hydroxyl groups is 1. The average Bonchev–Trinajstić information content (AvgIpc) is 3.05. The first-order valence-corrected chi connectivity index (χ1v) is 13.1. The Morgan fingerprint density at radius 2 is 1.80 bits per heavy atom. The fourth-order valence-corrected chi connectivity index (χ4v) is 8.85. The van der Waals surface area contributed by atoms with Crippen molar-refractivity contribution in [3.63, 3.8) is 0 Å². The van der Waals surface area contributed by atoms with E-state index in [2.05, 4.69) is 40.7 Å². The van der Waals surface area contributed by atoms with Gasteiger partial charge in [0.25, 0.3) is 0 Å². The lowest BCUT2D eigenvalue weighted by molar-refractivity contribution is -0.106. The Hall–Kier alpha value is -0.340. The maximum Gasteiger partial charge on any atom is 0.0788 e. The lowest BCUT2D eigenvalue weighted by atomic mass is 9.46. The number of fused-ring (bicyclic) bond motifs is 5. The second kappa shape index (κ2) is 8.54. The molecule has 9 atom stereocenters. The molecule has 0 aromatic carbocycles. The maximum atomic E-state index is 10.3. The monoisotopic (exact) mass is 416 g/mol. The highest BCUT2D eigenvalue weighted by Crippen LogP contribution is 2.67. The zero-order chi connectivity index (χ0) is 21.7. The largest absolute Gasteiger partial charge is 0.393 e. The Balaban J connectivity index is 1.56. The van der Waals surface area contributed by atoms with Crippen molar-refractivity contribution >= 4 is 0 Å². The van der Waals surface area contributed by atoms with E-state index in [9.17, 15) is 5.11 Å². The topological polar surface area (TPSA) is 29.5 Å². The van der Waals surface area contributed by atoms with Crippen molar-refractivity contribution in [2.45, 2.75) is 111 Å². The lowest BCUT2D eigenvalue weighted by Gasteiger charge is -2.60. The highest BCUT2D eigenvalue weighted by Gasteiger charge is 2.61. The molecule has 0 radical (unpaired) electrons. The molecular formula is C28H48O2. The van der Waals surface area contributed by atoms with Crippen LogP contribution in [0.1, 0.15) is 98.8 Å². The molecule has 0 heterocycles. The number of hydrogen-bond acceptors (Lipinski definition) is 2. The van der Waals surface area contributed by atoms with E-state index in [0.29, 0.717) is 16.7 Å². The first-order chi connectivity index (χ1) is 14.2. The van der Waals surface area contributed by atoms with E-state index in [1.807, 2.05) is 7.11 Å². The van der Waals surface area contributed by atoms with Gasteiger partial charge in [0.1, 0.15) is 0 Å². The molecule has 1 N–H and O–H groups in total. The van der Waals surface area contributed by atoms with Crippen LogP contribution in [0.4, 0.5) is 0 Å². The third-order valence-corrected chi connectivity index (χ3v) is 10.6. The van der Waals surface area contributed by atoms with Crippen molar-refractivity contribution in [1.29, 1.82) is 0 Å². The second-order valence-electron chi connectivity index (χ2n) is 12.5. The lowest BCUT2D eigenvalue weighted by Crippen LogP contribution is -2.55. The number of ether oxygens (including phenoxy) is 1. The highest BCUT2D eigenvalue weighted by atomic mass is 16.5. The molecule has 0 aliphatic heterocycles. The quantitative estimate of drug-likeness (QED) is 0.472. The molecule has 3 saturated carbocycles. The molecule has 0 bridgehead atoms. The molecule has 0 saturated heterocycles. The van der Waals surface area contributed by atoms with Crippen molar-refractivity contribution in [3.8, 4) is 0 Å². The van der Waals surface area contributed by atoms with Crippen LogP contribution in [0.25, 0.3) is 0 Å². The summed E-state index contributed by atoms with van der Waals surface area (Å²) in [6.07, 6.45) is 15.4. The van der Waals surface area contributed by atoms with Crippen LogP contribution >= 0.6 is 0 Å². The molecule has 172 valence electrons. The summed E-state index contributed by atoms with van der Waals surface area (Å²) in [5.41, 5.74) is 2.29. The zero-order valence-electron chi connectivity index (χ0n) is 20.6. The summed E-state index contributed by atoms with van der Waals surface area (Å²) in [6.45, 7) is 12.5. The van der Waals surface area contributed by atoms with Gasteiger partial charge in [-0.15, -0.1) is 0 Å². The molecule has 4 rings (SSSR count). The third-order valence-electron chi connectivity index (χ3n) is 10.6. The number of hydrogen-bond donors (Lipinski definition) is 1. The van der Waals surface area contributed by atoms with Crippen LogP contribution in [0.3, 0.4) is 0 Å². The summed E-state index contributed by atoms with van der Waals surface area (Å²) >= 11 is 0. The molecule has 2 nitrogen and oxygen atoms in total. The first-order valence-electron chi connectivity index (χ1n) is 13.1. The summed E-state index contributed by atoms with van der Waals surface area (Å²) in [6, 6.07) is 0. The van der Waals surface area contributed by atoms with Gasteiger partial charge in [0.15, 0.2) is 0 Å². The maximum absolute atomic E-state index is 10.3. The van der Waals surface area contributed by atoms with E-state index in [4.69, 9.17) is 4.74 Å². The van der Waals surface area contributed by atoms with E-state index in [1.54, 1.807) is 0 Å². The zero-order valence-corrected chi connectivity index (χ0v) is 20.6. The summed E-state index contributed by atoms with van der Waals surface area (Å²) in [4.78, 5) is 0. The van der Waals surface area contributed by atoms with Crippen LogP contribution in [0.5, 0.6) is 0 Å². The third kappa shape index (κ3) is 3.72. The highest BCUT2D eigenvalue weighted by molar-refractivity contribution is 5.28. The molecule has 0 aromatic rings. The minimum atomic E-state index is -0.144. The molecule has 4 aliphatic carbocycles. The standard InChI is InChI=1S/C28H48O2/c1-18(2)8-7-9-19(3)22-10-11-23-26-24(13-15-28(22,23)5)27(4)14-12-21(29)16-20(27)17-25(26)30-6/h17-19,21-26,29H,7-16H2,1-6H3/t19-,21-,22-,23+,24+,25+,26+,27-,28-/m0/s1. The second-order valence-corrected chi connectivity index (χ2v) is 12.5. The fourth-order valence-electron chi connectivity index (χ4n) is 8.85. The van der Waals surface area contributed by atoms with Crippen LogP contribution < -0.4 is 0 Å². The Kier molecular flexibility index (Phi) is 6.50. The molecular weight excluding hydrogens is 368 g/mol. The summed E-state index contributed by atoms with van der Waals surface area (Å²) in [5, 5.41) is 10.3. The first kappa shape index (κ1) is 22.8. The van der Waals surface area contributed by atoms with Gasteiger partial charge in [-0.25, -0.2) is 0 Å². The molecule has 4 aliphatic rings. The molecule has 3 fully saturated rings. The van der Waals surface area contributed by atoms with Gasteiger partial charge in [0.2, 0.25) is 0 Å². The van der Waals surface area contributed by atoms with Gasteiger partial charge in [0, 0.05) is 7.11 Å². The average molecular weight is 417 g/mol. The van der Waals surface area contributed by atoms with Gasteiger partial charge in [-0.3, -0.25) is 0 Å². The summed E-state index contributed by atoms with van der Waals surface area (Å²) < 4.78 is 6.17. The van der Waals surface area contributed by atoms with Crippen molar-refractivity contribution in [3.05, 3.63) is 11.6 Å². The van der Waals surface area contributed by atoms with E-state index in [0.717, 1.165) is 48.9 Å². The van der Waals surface area contributed by atoms with Crippen molar-refractivity contribution < 1.29 is 9.84 Å². The SMILES string of the molecule is CO[C@@H]1C=C2C[C@@H](O)CC[C@]2(C)[C@@H]2CC[C@]3(C)[C@H](CC[C@H]3[C@@H](C)CCCC(C)C)[C@H]21. The number of methoxy groups -OCH3 is 1. The van der Waals surface area contributed by atoms with Crippen LogP contribution in [-0.4, -0.2) is 24.4 Å². The van der Waals surface area contributed by atoms with E-state index in [1.165, 1.54) is 50.5 Å². The fraction of sp³-hybridized carbons (Fsp3) is 0.929. The number of aliphatic hydroxyl groups excluding tert-OH is 1. The van der Waals surface area contributed by atoms with Crippen molar-refractivity contribution in [2.75, 3.05) is 7.11 Å². The van der Waals surface area contributed by atoms with E-state index in [-0.39, 0.29) is 12.2 Å². The minimum Gasteiger partial charge on any atom is -0.393 e. The molecule has 0 amide bonds. The smallest absolute Gasteiger partial charge is 0.0788 e. The molecule has 2 heteroatoms. The van der Waals surface area contributed by atoms with E-state index < -0.39 is 0 Å². The Labute approximate surface area is 186 Å². The van der Waals surface area contributed by atoms with Crippen molar-refractivity contribution in [2.24, 2.45) is 46.3 Å². The predicted molar refractivity (Wildman–Crippen MR) is 125 cm³/mol. The van der Waals surface area contributed by atoms with Gasteiger partial charge in [0.05, 0.1) is 12.2 Å². The van der Waals surface area contributed by atoms with Crippen LogP contribution in [-0.2, 0) is 4.74 Å². The van der Waals surface area contributed by atoms with Crippen LogP contribution in [0.2, 0.25) is 0 Å². The number of rotatable bonds is 6. The Bertz CT molecular complexity index is 639. The van der Waals surface area contributed by atoms with Gasteiger partial charge >= 0.3 is 0 Å². The summed E-state index contributed by atoms with van der Waals surface area (Å²) in [5.74, 6) is 4.79.